The largest absolute Gasteiger partial charge is 0.461 e. The van der Waals surface area contributed by atoms with E-state index in [1.807, 2.05) is 72.8 Å². The number of carbonyl (C=O) groups excluding carboxylic acids is 1. The van der Waals surface area contributed by atoms with Crippen LogP contribution in [0.1, 0.15) is 17.5 Å². The van der Waals surface area contributed by atoms with Crippen LogP contribution < -0.4 is 0 Å². The van der Waals surface area contributed by atoms with Gasteiger partial charge < -0.3 is 9.47 Å². The molecule has 120 valence electrons. The predicted molar refractivity (Wildman–Crippen MR) is 91.0 cm³/mol. The summed E-state index contributed by atoms with van der Waals surface area (Å²) in [4.78, 5) is 11.6. The summed E-state index contributed by atoms with van der Waals surface area (Å²) in [5.41, 5.74) is 2.29. The lowest BCUT2D eigenvalue weighted by Gasteiger charge is -2.03. The Bertz CT molecular complexity index is 591. The van der Waals surface area contributed by atoms with Crippen molar-refractivity contribution in [3.05, 3.63) is 83.9 Å². The summed E-state index contributed by atoms with van der Waals surface area (Å²) in [6.45, 7) is 1.39. The fourth-order valence-corrected chi connectivity index (χ4v) is 2.06. The number of hydrogen-bond donors (Lipinski definition) is 0. The highest BCUT2D eigenvalue weighted by atomic mass is 16.5. The van der Waals surface area contributed by atoms with Crippen LogP contribution >= 0.6 is 0 Å². The summed E-state index contributed by atoms with van der Waals surface area (Å²) in [6, 6.07) is 19.9. The van der Waals surface area contributed by atoms with Crippen LogP contribution in [0.4, 0.5) is 0 Å². The Morgan fingerprint density at radius 2 is 1.43 bits per heavy atom. The molecule has 0 amide bonds. The smallest absolute Gasteiger partial charge is 0.306 e. The van der Waals surface area contributed by atoms with E-state index >= 15 is 0 Å². The van der Waals surface area contributed by atoms with Crippen LogP contribution in [-0.2, 0) is 27.3 Å². The lowest BCUT2D eigenvalue weighted by atomic mass is 10.1. The van der Waals surface area contributed by atoms with Gasteiger partial charge in [-0.15, -0.1) is 0 Å². The molecular formula is C20H22O3. The van der Waals surface area contributed by atoms with E-state index in [-0.39, 0.29) is 5.97 Å². The van der Waals surface area contributed by atoms with Crippen molar-refractivity contribution >= 4 is 5.97 Å². The van der Waals surface area contributed by atoms with Crippen LogP contribution in [0.15, 0.2) is 72.8 Å². The topological polar surface area (TPSA) is 35.5 Å². The van der Waals surface area contributed by atoms with Crippen molar-refractivity contribution in [1.29, 1.82) is 0 Å². The predicted octanol–water partition coefficient (Wildman–Crippen LogP) is 3.94. The molecule has 0 saturated carbocycles. The summed E-state index contributed by atoms with van der Waals surface area (Å²) in [7, 11) is 0. The Labute approximate surface area is 137 Å². The third-order valence-corrected chi connectivity index (χ3v) is 3.29. The summed E-state index contributed by atoms with van der Waals surface area (Å²) < 4.78 is 10.7. The molecule has 0 saturated heterocycles. The van der Waals surface area contributed by atoms with Crippen LogP contribution in [0.5, 0.6) is 0 Å². The molecular weight excluding hydrogens is 288 g/mol. The van der Waals surface area contributed by atoms with E-state index in [9.17, 15) is 4.79 Å². The first-order valence-corrected chi connectivity index (χ1v) is 7.81. The molecule has 0 aliphatic rings. The number of benzene rings is 2. The first kappa shape index (κ1) is 17.0. The van der Waals surface area contributed by atoms with E-state index in [1.54, 1.807) is 0 Å². The number of rotatable bonds is 9. The maximum atomic E-state index is 11.6. The minimum Gasteiger partial charge on any atom is -0.461 e. The molecule has 0 aliphatic carbocycles. The minimum atomic E-state index is -0.177. The van der Waals surface area contributed by atoms with Crippen LogP contribution in [0, 0.1) is 0 Å². The second-order valence-corrected chi connectivity index (χ2v) is 5.14. The molecule has 3 nitrogen and oxygen atoms in total. The number of aryl methyl sites for hydroxylation is 1. The standard InChI is InChI=1S/C20H22O3/c21-20(14-13-18-9-3-1-4-10-18)23-16-8-7-15-22-17-19-11-5-2-6-12-19/h1-12H,13-17H2. The number of hydrogen-bond acceptors (Lipinski definition) is 3. The van der Waals surface area contributed by atoms with Gasteiger partial charge in [0.2, 0.25) is 0 Å². The molecule has 0 N–H and O–H groups in total. The quantitative estimate of drug-likeness (QED) is 0.400. The van der Waals surface area contributed by atoms with Gasteiger partial charge in [0.05, 0.1) is 13.2 Å². The van der Waals surface area contributed by atoms with E-state index < -0.39 is 0 Å². The van der Waals surface area contributed by atoms with Crippen molar-refractivity contribution in [3.8, 4) is 0 Å². The average Bonchev–Trinajstić information content (AvgIpc) is 2.61. The Hall–Kier alpha value is -2.39. The summed E-state index contributed by atoms with van der Waals surface area (Å²) in [5.74, 6) is -0.177. The molecule has 3 heteroatoms. The highest BCUT2D eigenvalue weighted by molar-refractivity contribution is 5.69. The van der Waals surface area contributed by atoms with Crippen molar-refractivity contribution in [2.24, 2.45) is 0 Å². The van der Waals surface area contributed by atoms with E-state index in [4.69, 9.17) is 9.47 Å². The maximum Gasteiger partial charge on any atom is 0.306 e. The fraction of sp³-hybridized carbons (Fsp3) is 0.250. The van der Waals surface area contributed by atoms with Crippen molar-refractivity contribution in [2.75, 3.05) is 13.2 Å². The zero-order valence-corrected chi connectivity index (χ0v) is 13.2. The molecule has 0 atom stereocenters. The summed E-state index contributed by atoms with van der Waals surface area (Å²) >= 11 is 0. The van der Waals surface area contributed by atoms with Crippen molar-refractivity contribution < 1.29 is 14.3 Å². The maximum absolute atomic E-state index is 11.6. The Balaban J connectivity index is 1.51. The minimum absolute atomic E-state index is 0.177. The molecule has 2 aromatic carbocycles. The Morgan fingerprint density at radius 3 is 2.13 bits per heavy atom. The molecule has 0 spiro atoms. The molecule has 2 aromatic rings. The van der Waals surface area contributed by atoms with Crippen LogP contribution in [0.2, 0.25) is 0 Å². The van der Waals surface area contributed by atoms with Gasteiger partial charge in [0.25, 0.3) is 0 Å². The van der Waals surface area contributed by atoms with Gasteiger partial charge in [-0.1, -0.05) is 66.7 Å². The van der Waals surface area contributed by atoms with Gasteiger partial charge in [0.1, 0.15) is 6.61 Å². The first-order valence-electron chi connectivity index (χ1n) is 7.81. The van der Waals surface area contributed by atoms with Gasteiger partial charge >= 0.3 is 5.97 Å². The lowest BCUT2D eigenvalue weighted by molar-refractivity contribution is -0.142. The molecule has 2 rings (SSSR count). The summed E-state index contributed by atoms with van der Waals surface area (Å²) in [5, 5.41) is 0. The number of ether oxygens (including phenoxy) is 2. The molecule has 0 aliphatic heterocycles. The second kappa shape index (κ2) is 10.4. The fourth-order valence-electron chi connectivity index (χ4n) is 2.06. The van der Waals surface area contributed by atoms with Crippen molar-refractivity contribution in [2.45, 2.75) is 19.4 Å². The number of esters is 1. The van der Waals surface area contributed by atoms with Gasteiger partial charge in [0.15, 0.2) is 0 Å². The number of carbonyl (C=O) groups is 1. The molecule has 0 radical (unpaired) electrons. The Morgan fingerprint density at radius 1 is 0.826 bits per heavy atom. The molecule has 0 aromatic heterocycles. The molecule has 0 unspecified atom stereocenters. The summed E-state index contributed by atoms with van der Waals surface area (Å²) in [6.07, 6.45) is 4.80. The third kappa shape index (κ3) is 7.43. The van der Waals surface area contributed by atoms with E-state index in [0.29, 0.717) is 32.7 Å². The van der Waals surface area contributed by atoms with Gasteiger partial charge in [-0.05, 0) is 23.6 Å². The van der Waals surface area contributed by atoms with Gasteiger partial charge in [-0.25, -0.2) is 0 Å². The first-order chi connectivity index (χ1) is 11.3. The van der Waals surface area contributed by atoms with Crippen molar-refractivity contribution in [1.82, 2.24) is 0 Å². The molecule has 0 heterocycles. The highest BCUT2D eigenvalue weighted by Crippen LogP contribution is 2.03. The molecule has 0 bridgehead atoms. The highest BCUT2D eigenvalue weighted by Gasteiger charge is 2.02. The molecule has 23 heavy (non-hydrogen) atoms. The van der Waals surface area contributed by atoms with Crippen LogP contribution in [0.3, 0.4) is 0 Å². The normalized spacial score (nSPS) is 10.8. The van der Waals surface area contributed by atoms with E-state index in [2.05, 4.69) is 0 Å². The lowest BCUT2D eigenvalue weighted by Crippen LogP contribution is -2.06. The monoisotopic (exact) mass is 310 g/mol. The zero-order valence-electron chi connectivity index (χ0n) is 13.2. The average molecular weight is 310 g/mol. The van der Waals surface area contributed by atoms with E-state index in [1.165, 1.54) is 0 Å². The van der Waals surface area contributed by atoms with Crippen LogP contribution in [-0.4, -0.2) is 19.2 Å². The van der Waals surface area contributed by atoms with Crippen molar-refractivity contribution in [3.63, 3.8) is 0 Å². The SMILES string of the molecule is O=C(CCc1ccccc1)OCC=CCOCc1ccccc1. The molecule has 0 fully saturated rings. The third-order valence-electron chi connectivity index (χ3n) is 3.29. The van der Waals surface area contributed by atoms with Crippen LogP contribution in [0.25, 0.3) is 0 Å². The van der Waals surface area contributed by atoms with Gasteiger partial charge in [-0.3, -0.25) is 4.79 Å². The van der Waals surface area contributed by atoms with Gasteiger partial charge in [-0.2, -0.15) is 0 Å². The second-order valence-electron chi connectivity index (χ2n) is 5.14. The Kier molecular flexibility index (Phi) is 7.64. The zero-order chi connectivity index (χ0) is 16.2. The van der Waals surface area contributed by atoms with Gasteiger partial charge in [0, 0.05) is 6.42 Å². The van der Waals surface area contributed by atoms with E-state index in [0.717, 1.165) is 11.1 Å².